The number of nitrogens with two attached hydrogens (primary N) is 1. The molecule has 0 aliphatic carbocycles. The minimum Gasteiger partial charge on any atom is -0.330 e. The number of hydrogen-bond acceptors (Lipinski definition) is 3. The lowest BCUT2D eigenvalue weighted by atomic mass is 10.2. The first-order valence-electron chi connectivity index (χ1n) is 5.37. The zero-order chi connectivity index (χ0) is 10.7. The second kappa shape index (κ2) is 4.40. The van der Waals surface area contributed by atoms with Crippen LogP contribution in [-0.2, 0) is 12.8 Å². The Bertz CT molecular complexity index is 447. The highest BCUT2D eigenvalue weighted by Crippen LogP contribution is 2.07. The summed E-state index contributed by atoms with van der Waals surface area (Å²) in [6.45, 7) is 2.79. The molecule has 80 valence electrons. The maximum atomic E-state index is 5.54. The fourth-order valence-electron chi connectivity index (χ4n) is 1.67. The van der Waals surface area contributed by atoms with Crippen LogP contribution in [0.2, 0.25) is 0 Å². The molecule has 4 heteroatoms. The number of imidazole rings is 1. The molecule has 2 aromatic rings. The van der Waals surface area contributed by atoms with Gasteiger partial charge in [-0.2, -0.15) is 5.10 Å². The summed E-state index contributed by atoms with van der Waals surface area (Å²) in [5, 5.41) is 4.54. The fraction of sp³-hybridized carbons (Fsp3) is 0.455. The lowest BCUT2D eigenvalue weighted by molar-refractivity contribution is 0.771. The highest BCUT2D eigenvalue weighted by molar-refractivity contribution is 5.38. The third-order valence-electron chi connectivity index (χ3n) is 2.39. The summed E-state index contributed by atoms with van der Waals surface area (Å²) in [4.78, 5) is 4.28. The second-order valence-corrected chi connectivity index (χ2v) is 3.63. The lowest BCUT2D eigenvalue weighted by Crippen LogP contribution is -2.07. The minimum absolute atomic E-state index is 0.632. The van der Waals surface area contributed by atoms with Crippen molar-refractivity contribution in [3.05, 3.63) is 29.7 Å². The van der Waals surface area contributed by atoms with Crippen LogP contribution in [-0.4, -0.2) is 21.1 Å². The maximum Gasteiger partial charge on any atom is 0.153 e. The number of aryl methyl sites for hydroxylation is 1. The standard InChI is InChI=1S/C11H16N4/c1-2-3-9-4-5-11-13-8-10(6-7-12)15(11)14-9/h4-5,8H,2-3,6-7,12H2,1H3. The molecule has 0 bridgehead atoms. The predicted octanol–water partition coefficient (Wildman–Crippen LogP) is 1.18. The van der Waals surface area contributed by atoms with Gasteiger partial charge in [-0.25, -0.2) is 9.50 Å². The van der Waals surface area contributed by atoms with Gasteiger partial charge in [0.15, 0.2) is 5.65 Å². The van der Waals surface area contributed by atoms with Crippen molar-refractivity contribution in [2.45, 2.75) is 26.2 Å². The van der Waals surface area contributed by atoms with Gasteiger partial charge in [0, 0.05) is 6.42 Å². The smallest absolute Gasteiger partial charge is 0.153 e. The summed E-state index contributed by atoms with van der Waals surface area (Å²) >= 11 is 0. The van der Waals surface area contributed by atoms with E-state index in [4.69, 9.17) is 5.73 Å². The summed E-state index contributed by atoms with van der Waals surface area (Å²) in [6.07, 6.45) is 4.80. The van der Waals surface area contributed by atoms with Crippen LogP contribution in [0.5, 0.6) is 0 Å². The molecule has 0 amide bonds. The van der Waals surface area contributed by atoms with E-state index in [1.807, 2.05) is 22.8 Å². The fourth-order valence-corrected chi connectivity index (χ4v) is 1.67. The lowest BCUT2D eigenvalue weighted by Gasteiger charge is -2.01. The molecule has 0 saturated carbocycles. The average molecular weight is 204 g/mol. The van der Waals surface area contributed by atoms with Gasteiger partial charge in [0.1, 0.15) is 0 Å². The first-order chi connectivity index (χ1) is 7.35. The van der Waals surface area contributed by atoms with Gasteiger partial charge in [-0.3, -0.25) is 0 Å². The molecule has 2 heterocycles. The van der Waals surface area contributed by atoms with Crippen molar-refractivity contribution in [3.63, 3.8) is 0 Å². The molecule has 2 aromatic heterocycles. The molecule has 0 aliphatic rings. The van der Waals surface area contributed by atoms with E-state index in [2.05, 4.69) is 17.0 Å². The van der Waals surface area contributed by atoms with Gasteiger partial charge in [0.2, 0.25) is 0 Å². The van der Waals surface area contributed by atoms with Crippen molar-refractivity contribution >= 4 is 5.65 Å². The maximum absolute atomic E-state index is 5.54. The normalized spacial score (nSPS) is 11.1. The molecule has 2 rings (SSSR count). The number of nitrogens with zero attached hydrogens (tertiary/aromatic N) is 3. The van der Waals surface area contributed by atoms with Crippen LogP contribution >= 0.6 is 0 Å². The summed E-state index contributed by atoms with van der Waals surface area (Å²) in [6, 6.07) is 4.05. The predicted molar refractivity (Wildman–Crippen MR) is 59.7 cm³/mol. The monoisotopic (exact) mass is 204 g/mol. The third kappa shape index (κ3) is 1.99. The van der Waals surface area contributed by atoms with E-state index >= 15 is 0 Å². The SMILES string of the molecule is CCCc1ccc2ncc(CCN)n2n1. The molecular weight excluding hydrogens is 188 g/mol. The number of hydrogen-bond donors (Lipinski definition) is 1. The molecule has 0 radical (unpaired) electrons. The van der Waals surface area contributed by atoms with Crippen LogP contribution in [0.25, 0.3) is 5.65 Å². The first-order valence-corrected chi connectivity index (χ1v) is 5.37. The molecule has 0 atom stereocenters. The Hall–Kier alpha value is -1.42. The van der Waals surface area contributed by atoms with Crippen LogP contribution in [0.3, 0.4) is 0 Å². The van der Waals surface area contributed by atoms with Crippen molar-refractivity contribution in [1.29, 1.82) is 0 Å². The molecule has 0 unspecified atom stereocenters. The van der Waals surface area contributed by atoms with Gasteiger partial charge in [-0.15, -0.1) is 0 Å². The van der Waals surface area contributed by atoms with Gasteiger partial charge in [-0.1, -0.05) is 13.3 Å². The van der Waals surface area contributed by atoms with E-state index in [0.29, 0.717) is 6.54 Å². The summed E-state index contributed by atoms with van der Waals surface area (Å²) in [5.41, 5.74) is 8.64. The van der Waals surface area contributed by atoms with Crippen molar-refractivity contribution < 1.29 is 0 Å². The van der Waals surface area contributed by atoms with E-state index in [1.165, 1.54) is 0 Å². The first kappa shape index (κ1) is 10.1. The van der Waals surface area contributed by atoms with Gasteiger partial charge in [-0.05, 0) is 25.1 Å². The number of rotatable bonds is 4. The van der Waals surface area contributed by atoms with E-state index in [9.17, 15) is 0 Å². The van der Waals surface area contributed by atoms with Crippen molar-refractivity contribution in [2.24, 2.45) is 5.73 Å². The molecule has 0 fully saturated rings. The Morgan fingerprint density at radius 1 is 1.33 bits per heavy atom. The molecule has 2 N–H and O–H groups in total. The Labute approximate surface area is 89.1 Å². The van der Waals surface area contributed by atoms with Crippen LogP contribution < -0.4 is 5.73 Å². The van der Waals surface area contributed by atoms with Crippen molar-refractivity contribution in [2.75, 3.05) is 6.54 Å². The van der Waals surface area contributed by atoms with Crippen molar-refractivity contribution in [1.82, 2.24) is 14.6 Å². The third-order valence-corrected chi connectivity index (χ3v) is 2.39. The molecule has 0 aliphatic heterocycles. The van der Waals surface area contributed by atoms with Gasteiger partial charge < -0.3 is 5.73 Å². The summed E-state index contributed by atoms with van der Waals surface area (Å²) < 4.78 is 1.90. The topological polar surface area (TPSA) is 56.2 Å². The largest absolute Gasteiger partial charge is 0.330 e. The van der Waals surface area contributed by atoms with Crippen LogP contribution in [0.15, 0.2) is 18.3 Å². The quantitative estimate of drug-likeness (QED) is 0.813. The molecule has 0 aromatic carbocycles. The van der Waals surface area contributed by atoms with E-state index in [1.54, 1.807) is 0 Å². The van der Waals surface area contributed by atoms with Crippen LogP contribution in [0, 0.1) is 0 Å². The molecular formula is C11H16N4. The summed E-state index contributed by atoms with van der Waals surface area (Å²) in [5.74, 6) is 0. The second-order valence-electron chi connectivity index (χ2n) is 3.63. The van der Waals surface area contributed by atoms with Gasteiger partial charge >= 0.3 is 0 Å². The Morgan fingerprint density at radius 2 is 2.20 bits per heavy atom. The highest BCUT2D eigenvalue weighted by atomic mass is 15.3. The number of aromatic nitrogens is 3. The zero-order valence-corrected chi connectivity index (χ0v) is 8.98. The Morgan fingerprint density at radius 3 is 2.93 bits per heavy atom. The van der Waals surface area contributed by atoms with Crippen LogP contribution in [0.4, 0.5) is 0 Å². The minimum atomic E-state index is 0.632. The van der Waals surface area contributed by atoms with E-state index < -0.39 is 0 Å². The number of fused-ring (bicyclic) bond motifs is 1. The molecule has 15 heavy (non-hydrogen) atoms. The highest BCUT2D eigenvalue weighted by Gasteiger charge is 2.04. The molecule has 4 nitrogen and oxygen atoms in total. The van der Waals surface area contributed by atoms with Gasteiger partial charge in [0.25, 0.3) is 0 Å². The average Bonchev–Trinajstić information content (AvgIpc) is 2.63. The molecule has 0 saturated heterocycles. The zero-order valence-electron chi connectivity index (χ0n) is 8.98. The molecule has 0 spiro atoms. The Balaban J connectivity index is 2.42. The van der Waals surface area contributed by atoms with E-state index in [0.717, 1.165) is 36.3 Å². The Kier molecular flexibility index (Phi) is 2.97. The van der Waals surface area contributed by atoms with Crippen molar-refractivity contribution in [3.8, 4) is 0 Å². The van der Waals surface area contributed by atoms with Crippen LogP contribution in [0.1, 0.15) is 24.7 Å². The van der Waals surface area contributed by atoms with Gasteiger partial charge in [0.05, 0.1) is 17.6 Å². The van der Waals surface area contributed by atoms with E-state index in [-0.39, 0.29) is 0 Å². The summed E-state index contributed by atoms with van der Waals surface area (Å²) in [7, 11) is 0.